The molecule has 0 heterocycles. The summed E-state index contributed by atoms with van der Waals surface area (Å²) in [5.41, 5.74) is 1.49. The van der Waals surface area contributed by atoms with E-state index in [1.165, 1.54) is 4.31 Å². The molecule has 0 atom stereocenters. The number of anilines is 1. The second kappa shape index (κ2) is 7.65. The van der Waals surface area contributed by atoms with Gasteiger partial charge in [-0.1, -0.05) is 15.9 Å². The van der Waals surface area contributed by atoms with Crippen molar-refractivity contribution < 1.29 is 17.9 Å². The average Bonchev–Trinajstić information content (AvgIpc) is 2.37. The van der Waals surface area contributed by atoms with E-state index in [9.17, 15) is 13.2 Å². The number of halogens is 1. The number of sulfonamides is 1. The molecular formula is C13H19BrN2O4S. The van der Waals surface area contributed by atoms with Gasteiger partial charge in [0.2, 0.25) is 10.0 Å². The van der Waals surface area contributed by atoms with Gasteiger partial charge in [-0.25, -0.2) is 13.2 Å². The first-order valence-corrected chi connectivity index (χ1v) is 9.04. The number of hydrogen-bond acceptors (Lipinski definition) is 4. The van der Waals surface area contributed by atoms with Gasteiger partial charge < -0.3 is 10.1 Å². The van der Waals surface area contributed by atoms with E-state index in [2.05, 4.69) is 21.2 Å². The molecule has 0 radical (unpaired) electrons. The van der Waals surface area contributed by atoms with E-state index in [0.717, 1.165) is 16.3 Å². The van der Waals surface area contributed by atoms with Crippen LogP contribution in [0.25, 0.3) is 0 Å². The number of nitrogens with one attached hydrogen (secondary N) is 1. The zero-order valence-corrected chi connectivity index (χ0v) is 14.6. The summed E-state index contributed by atoms with van der Waals surface area (Å²) in [6.45, 7) is 4.16. The lowest BCUT2D eigenvalue weighted by Gasteiger charge is -2.23. The van der Waals surface area contributed by atoms with Crippen LogP contribution in [-0.4, -0.2) is 40.5 Å². The predicted molar refractivity (Wildman–Crippen MR) is 86.1 cm³/mol. The Hall–Kier alpha value is -1.28. The van der Waals surface area contributed by atoms with Crippen molar-refractivity contribution in [1.82, 2.24) is 5.32 Å². The van der Waals surface area contributed by atoms with Crippen molar-refractivity contribution in [2.75, 3.05) is 30.3 Å². The minimum Gasteiger partial charge on any atom is -0.450 e. The highest BCUT2D eigenvalue weighted by Gasteiger charge is 2.18. The molecule has 0 saturated heterocycles. The van der Waals surface area contributed by atoms with Crippen molar-refractivity contribution in [3.05, 3.63) is 28.2 Å². The molecule has 0 fully saturated rings. The van der Waals surface area contributed by atoms with Crippen molar-refractivity contribution in [3.8, 4) is 0 Å². The van der Waals surface area contributed by atoms with E-state index in [4.69, 9.17) is 4.74 Å². The highest BCUT2D eigenvalue weighted by molar-refractivity contribution is 9.10. The Morgan fingerprint density at radius 2 is 2.10 bits per heavy atom. The van der Waals surface area contributed by atoms with Crippen LogP contribution in [0.2, 0.25) is 0 Å². The number of rotatable bonds is 6. The van der Waals surface area contributed by atoms with Crippen molar-refractivity contribution in [2.24, 2.45) is 0 Å². The summed E-state index contributed by atoms with van der Waals surface area (Å²) in [6.07, 6.45) is 0.576. The summed E-state index contributed by atoms with van der Waals surface area (Å²) in [5.74, 6) is 0. The molecule has 118 valence electrons. The van der Waals surface area contributed by atoms with Crippen LogP contribution in [0.5, 0.6) is 0 Å². The number of alkyl carbamates (subject to hydrolysis) is 1. The second-order valence-electron chi connectivity index (χ2n) is 4.42. The Kier molecular flexibility index (Phi) is 6.47. The fourth-order valence-electron chi connectivity index (χ4n) is 1.71. The molecule has 0 aliphatic rings. The number of nitrogens with zero attached hydrogens (tertiary/aromatic N) is 1. The van der Waals surface area contributed by atoms with Crippen molar-refractivity contribution >= 4 is 37.7 Å². The van der Waals surface area contributed by atoms with Gasteiger partial charge in [0.05, 0.1) is 25.1 Å². The SMILES string of the molecule is CCOC(=O)NCCN(c1ccc(Br)c(C)c1)S(C)(=O)=O. The quantitative estimate of drug-likeness (QED) is 0.823. The maximum absolute atomic E-state index is 11.9. The molecule has 1 aromatic carbocycles. The first-order chi connectivity index (χ1) is 9.75. The standard InChI is InChI=1S/C13H19BrN2O4S/c1-4-20-13(17)15-7-8-16(21(3,18)19)11-5-6-12(14)10(2)9-11/h5-6,9H,4,7-8H2,1-3H3,(H,15,17). The summed E-state index contributed by atoms with van der Waals surface area (Å²) >= 11 is 3.38. The van der Waals surface area contributed by atoms with Gasteiger partial charge in [0.1, 0.15) is 0 Å². The van der Waals surface area contributed by atoms with E-state index in [0.29, 0.717) is 5.69 Å². The zero-order valence-electron chi connectivity index (χ0n) is 12.2. The molecule has 0 saturated carbocycles. The van der Waals surface area contributed by atoms with Crippen LogP contribution in [0.3, 0.4) is 0 Å². The molecule has 0 unspecified atom stereocenters. The Bertz CT molecular complexity index is 604. The number of amides is 1. The molecular weight excluding hydrogens is 360 g/mol. The van der Waals surface area contributed by atoms with Gasteiger partial charge >= 0.3 is 6.09 Å². The predicted octanol–water partition coefficient (Wildman–Crippen LogP) is 2.27. The normalized spacial score (nSPS) is 11.0. The molecule has 0 spiro atoms. The van der Waals surface area contributed by atoms with Crippen molar-refractivity contribution in [2.45, 2.75) is 13.8 Å². The molecule has 1 amide bonds. The summed E-state index contributed by atoms with van der Waals surface area (Å²) in [7, 11) is -3.43. The van der Waals surface area contributed by atoms with Crippen molar-refractivity contribution in [1.29, 1.82) is 0 Å². The van der Waals surface area contributed by atoms with Crippen LogP contribution in [0.15, 0.2) is 22.7 Å². The number of benzene rings is 1. The number of ether oxygens (including phenoxy) is 1. The molecule has 0 aromatic heterocycles. The first-order valence-electron chi connectivity index (χ1n) is 6.40. The number of carbonyl (C=O) groups is 1. The highest BCUT2D eigenvalue weighted by Crippen LogP contribution is 2.24. The highest BCUT2D eigenvalue weighted by atomic mass is 79.9. The van der Waals surface area contributed by atoms with Crippen LogP contribution in [0, 0.1) is 6.92 Å². The maximum Gasteiger partial charge on any atom is 0.407 e. The lowest BCUT2D eigenvalue weighted by molar-refractivity contribution is 0.152. The average molecular weight is 379 g/mol. The molecule has 1 rings (SSSR count). The van der Waals surface area contributed by atoms with E-state index in [1.54, 1.807) is 25.1 Å². The van der Waals surface area contributed by atoms with Crippen LogP contribution >= 0.6 is 15.9 Å². The molecule has 1 N–H and O–H groups in total. The van der Waals surface area contributed by atoms with Gasteiger partial charge in [-0.3, -0.25) is 4.31 Å². The zero-order chi connectivity index (χ0) is 16.0. The largest absolute Gasteiger partial charge is 0.450 e. The Balaban J connectivity index is 2.82. The maximum atomic E-state index is 11.9. The van der Waals surface area contributed by atoms with Gasteiger partial charge in [-0.2, -0.15) is 0 Å². The second-order valence-corrected chi connectivity index (χ2v) is 7.18. The molecule has 6 nitrogen and oxygen atoms in total. The van der Waals surface area contributed by atoms with E-state index < -0.39 is 16.1 Å². The van der Waals surface area contributed by atoms with E-state index >= 15 is 0 Å². The van der Waals surface area contributed by atoms with Crippen LogP contribution in [-0.2, 0) is 14.8 Å². The van der Waals surface area contributed by atoms with E-state index in [1.807, 2.05) is 6.92 Å². The summed E-state index contributed by atoms with van der Waals surface area (Å²) in [5, 5.41) is 2.51. The number of aryl methyl sites for hydroxylation is 1. The Labute approximate surface area is 133 Å². The molecule has 8 heteroatoms. The lowest BCUT2D eigenvalue weighted by Crippen LogP contribution is -2.38. The lowest BCUT2D eigenvalue weighted by atomic mass is 10.2. The third-order valence-electron chi connectivity index (χ3n) is 2.69. The monoisotopic (exact) mass is 378 g/mol. The topological polar surface area (TPSA) is 75.7 Å². The van der Waals surface area contributed by atoms with Gasteiger partial charge in [0, 0.05) is 11.0 Å². The molecule has 0 bridgehead atoms. The van der Waals surface area contributed by atoms with E-state index in [-0.39, 0.29) is 19.7 Å². The molecule has 1 aromatic rings. The number of carbonyl (C=O) groups excluding carboxylic acids is 1. The molecule has 21 heavy (non-hydrogen) atoms. The Morgan fingerprint density at radius 3 is 2.62 bits per heavy atom. The molecule has 0 aliphatic carbocycles. The third kappa shape index (κ3) is 5.55. The minimum absolute atomic E-state index is 0.138. The van der Waals surface area contributed by atoms with Gasteiger partial charge in [0.15, 0.2) is 0 Å². The summed E-state index contributed by atoms with van der Waals surface area (Å²) in [4.78, 5) is 11.2. The summed E-state index contributed by atoms with van der Waals surface area (Å²) in [6, 6.07) is 5.28. The minimum atomic E-state index is -3.43. The third-order valence-corrected chi connectivity index (χ3v) is 4.77. The van der Waals surface area contributed by atoms with Gasteiger partial charge in [-0.05, 0) is 37.6 Å². The fourth-order valence-corrected chi connectivity index (χ4v) is 2.88. The van der Waals surface area contributed by atoms with Gasteiger partial charge in [0.25, 0.3) is 0 Å². The smallest absolute Gasteiger partial charge is 0.407 e. The first kappa shape index (κ1) is 17.8. The van der Waals surface area contributed by atoms with Crippen LogP contribution in [0.1, 0.15) is 12.5 Å². The van der Waals surface area contributed by atoms with Gasteiger partial charge in [-0.15, -0.1) is 0 Å². The number of hydrogen-bond donors (Lipinski definition) is 1. The van der Waals surface area contributed by atoms with Crippen LogP contribution < -0.4 is 9.62 Å². The Morgan fingerprint density at radius 1 is 1.43 bits per heavy atom. The fraction of sp³-hybridized carbons (Fsp3) is 0.462. The molecule has 0 aliphatic heterocycles. The van der Waals surface area contributed by atoms with Crippen LogP contribution in [0.4, 0.5) is 10.5 Å². The summed E-state index contributed by atoms with van der Waals surface area (Å²) < 4.78 is 30.7. The van der Waals surface area contributed by atoms with Crippen molar-refractivity contribution in [3.63, 3.8) is 0 Å².